The predicted octanol–water partition coefficient (Wildman–Crippen LogP) is 3.73. The molecule has 0 saturated carbocycles. The van der Waals surface area contributed by atoms with E-state index in [2.05, 4.69) is 17.1 Å². The minimum absolute atomic E-state index is 0.328. The number of aromatic nitrogens is 1. The summed E-state index contributed by atoms with van der Waals surface area (Å²) in [7, 11) is 0. The van der Waals surface area contributed by atoms with Crippen LogP contribution in [0.3, 0.4) is 0 Å². The molecule has 0 atom stereocenters. The van der Waals surface area contributed by atoms with Crippen molar-refractivity contribution in [1.82, 2.24) is 4.98 Å². The van der Waals surface area contributed by atoms with Gasteiger partial charge < -0.3 is 5.11 Å². The van der Waals surface area contributed by atoms with E-state index in [0.717, 1.165) is 23.9 Å². The molecule has 0 aliphatic heterocycles. The third-order valence-corrected chi connectivity index (χ3v) is 3.26. The van der Waals surface area contributed by atoms with Gasteiger partial charge in [-0.2, -0.15) is 0 Å². The van der Waals surface area contributed by atoms with Gasteiger partial charge in [0.1, 0.15) is 5.75 Å². The summed E-state index contributed by atoms with van der Waals surface area (Å²) in [5, 5.41) is 10.6. The maximum Gasteiger partial charge on any atom is 0.115 e. The van der Waals surface area contributed by atoms with Crippen molar-refractivity contribution < 1.29 is 5.11 Å². The zero-order chi connectivity index (χ0) is 13.1. The van der Waals surface area contributed by atoms with Crippen molar-refractivity contribution in [3.8, 4) is 5.75 Å². The van der Waals surface area contributed by atoms with Crippen molar-refractivity contribution in [2.24, 2.45) is 0 Å². The molecule has 0 fully saturated rings. The van der Waals surface area contributed by atoms with Crippen LogP contribution < -0.4 is 0 Å². The second kappa shape index (κ2) is 5.11. The lowest BCUT2D eigenvalue weighted by Gasteiger charge is -2.04. The molecule has 19 heavy (non-hydrogen) atoms. The van der Waals surface area contributed by atoms with Crippen LogP contribution in [0.15, 0.2) is 60.8 Å². The Morgan fingerprint density at radius 2 is 1.68 bits per heavy atom. The number of aromatic hydroxyl groups is 1. The smallest absolute Gasteiger partial charge is 0.115 e. The van der Waals surface area contributed by atoms with E-state index in [-0.39, 0.29) is 0 Å². The zero-order valence-corrected chi connectivity index (χ0v) is 10.6. The Morgan fingerprint density at radius 1 is 0.842 bits per heavy atom. The van der Waals surface area contributed by atoms with Crippen molar-refractivity contribution in [1.29, 1.82) is 0 Å². The van der Waals surface area contributed by atoms with E-state index in [1.807, 2.05) is 42.6 Å². The lowest BCUT2D eigenvalue weighted by molar-refractivity contribution is 0.474. The number of hydrogen-bond acceptors (Lipinski definition) is 2. The van der Waals surface area contributed by atoms with E-state index < -0.39 is 0 Å². The van der Waals surface area contributed by atoms with Crippen LogP contribution >= 0.6 is 0 Å². The van der Waals surface area contributed by atoms with Gasteiger partial charge in [-0.1, -0.05) is 30.3 Å². The molecule has 94 valence electrons. The first kappa shape index (κ1) is 11.7. The molecule has 2 heteroatoms. The van der Waals surface area contributed by atoms with Crippen LogP contribution in [0.2, 0.25) is 0 Å². The number of pyridine rings is 1. The van der Waals surface area contributed by atoms with Gasteiger partial charge in [-0.15, -0.1) is 0 Å². The number of rotatable bonds is 3. The summed E-state index contributed by atoms with van der Waals surface area (Å²) in [6.07, 6.45) is 3.78. The number of phenols is 1. The Kier molecular flexibility index (Phi) is 3.15. The fraction of sp³-hybridized carbons (Fsp3) is 0.118. The zero-order valence-electron chi connectivity index (χ0n) is 10.6. The summed E-state index contributed by atoms with van der Waals surface area (Å²) in [6, 6.07) is 17.7. The minimum Gasteiger partial charge on any atom is -0.508 e. The van der Waals surface area contributed by atoms with Crippen LogP contribution in [0, 0.1) is 0 Å². The Labute approximate surface area is 112 Å². The van der Waals surface area contributed by atoms with Gasteiger partial charge in [0.05, 0.1) is 5.52 Å². The first-order valence-corrected chi connectivity index (χ1v) is 6.43. The summed E-state index contributed by atoms with van der Waals surface area (Å²) in [5.41, 5.74) is 3.40. The van der Waals surface area contributed by atoms with E-state index in [9.17, 15) is 5.11 Å². The van der Waals surface area contributed by atoms with E-state index >= 15 is 0 Å². The highest BCUT2D eigenvalue weighted by Crippen LogP contribution is 2.16. The summed E-state index contributed by atoms with van der Waals surface area (Å²) in [4.78, 5) is 4.46. The summed E-state index contributed by atoms with van der Waals surface area (Å²) in [6.45, 7) is 0. The predicted molar refractivity (Wildman–Crippen MR) is 77.3 cm³/mol. The Balaban J connectivity index is 1.78. The van der Waals surface area contributed by atoms with Gasteiger partial charge in [-0.05, 0) is 48.2 Å². The van der Waals surface area contributed by atoms with Gasteiger partial charge in [0.25, 0.3) is 0 Å². The molecule has 0 unspecified atom stereocenters. The number of para-hydroxylation sites is 1. The highest BCUT2D eigenvalue weighted by atomic mass is 16.3. The summed E-state index contributed by atoms with van der Waals surface area (Å²) < 4.78 is 0. The number of aryl methyl sites for hydroxylation is 2. The van der Waals surface area contributed by atoms with Gasteiger partial charge in [0.15, 0.2) is 0 Å². The molecular weight excluding hydrogens is 234 g/mol. The van der Waals surface area contributed by atoms with Crippen LogP contribution in [0.4, 0.5) is 0 Å². The van der Waals surface area contributed by atoms with E-state index in [1.54, 1.807) is 6.07 Å². The lowest BCUT2D eigenvalue weighted by atomic mass is 10.0. The van der Waals surface area contributed by atoms with Crippen LogP contribution in [0.25, 0.3) is 10.9 Å². The average molecular weight is 249 g/mol. The molecule has 0 spiro atoms. The van der Waals surface area contributed by atoms with Crippen molar-refractivity contribution in [3.05, 3.63) is 71.9 Å². The SMILES string of the molecule is Oc1cccc(CCc2cnc3ccccc3c2)c1. The number of hydrogen-bond donors (Lipinski definition) is 1. The molecule has 0 aliphatic carbocycles. The maximum atomic E-state index is 9.44. The molecule has 0 amide bonds. The topological polar surface area (TPSA) is 33.1 Å². The molecular formula is C17H15NO. The second-order valence-corrected chi connectivity index (χ2v) is 4.71. The van der Waals surface area contributed by atoms with E-state index in [0.29, 0.717) is 5.75 Å². The number of nitrogens with zero attached hydrogens (tertiary/aromatic N) is 1. The lowest BCUT2D eigenvalue weighted by Crippen LogP contribution is -1.92. The van der Waals surface area contributed by atoms with Crippen LogP contribution in [0.5, 0.6) is 5.75 Å². The van der Waals surface area contributed by atoms with Crippen molar-refractivity contribution in [2.75, 3.05) is 0 Å². The van der Waals surface area contributed by atoms with Crippen LogP contribution in [0.1, 0.15) is 11.1 Å². The molecule has 0 bridgehead atoms. The van der Waals surface area contributed by atoms with Crippen LogP contribution in [-0.4, -0.2) is 10.1 Å². The molecule has 2 nitrogen and oxygen atoms in total. The Bertz CT molecular complexity index is 706. The molecule has 1 N–H and O–H groups in total. The van der Waals surface area contributed by atoms with Gasteiger partial charge >= 0.3 is 0 Å². The first-order valence-electron chi connectivity index (χ1n) is 6.43. The minimum atomic E-state index is 0.328. The molecule has 3 aromatic rings. The molecule has 0 saturated heterocycles. The molecule has 0 radical (unpaired) electrons. The van der Waals surface area contributed by atoms with E-state index in [1.165, 1.54) is 10.9 Å². The Hall–Kier alpha value is -2.35. The number of benzene rings is 2. The van der Waals surface area contributed by atoms with Crippen molar-refractivity contribution >= 4 is 10.9 Å². The highest BCUT2D eigenvalue weighted by Gasteiger charge is 2.00. The first-order chi connectivity index (χ1) is 9.31. The third-order valence-electron chi connectivity index (χ3n) is 3.26. The quantitative estimate of drug-likeness (QED) is 0.767. The summed E-state index contributed by atoms with van der Waals surface area (Å²) in [5.74, 6) is 0.328. The van der Waals surface area contributed by atoms with Gasteiger partial charge in [-0.3, -0.25) is 4.98 Å². The van der Waals surface area contributed by atoms with E-state index in [4.69, 9.17) is 0 Å². The van der Waals surface area contributed by atoms with Gasteiger partial charge in [-0.25, -0.2) is 0 Å². The second-order valence-electron chi connectivity index (χ2n) is 4.71. The molecule has 0 aliphatic rings. The van der Waals surface area contributed by atoms with Crippen molar-refractivity contribution in [2.45, 2.75) is 12.8 Å². The number of fused-ring (bicyclic) bond motifs is 1. The van der Waals surface area contributed by atoms with Crippen molar-refractivity contribution in [3.63, 3.8) is 0 Å². The number of phenolic OH excluding ortho intramolecular Hbond substituents is 1. The molecule has 3 rings (SSSR count). The van der Waals surface area contributed by atoms with Crippen LogP contribution in [-0.2, 0) is 12.8 Å². The largest absolute Gasteiger partial charge is 0.508 e. The highest BCUT2D eigenvalue weighted by molar-refractivity contribution is 5.78. The van der Waals surface area contributed by atoms with Gasteiger partial charge in [0, 0.05) is 11.6 Å². The fourth-order valence-electron chi connectivity index (χ4n) is 2.25. The Morgan fingerprint density at radius 3 is 2.58 bits per heavy atom. The third kappa shape index (κ3) is 2.74. The maximum absolute atomic E-state index is 9.44. The average Bonchev–Trinajstić information content (AvgIpc) is 2.45. The standard InChI is InChI=1S/C17H15NO/c19-16-6-3-4-13(11-16)8-9-14-10-15-5-1-2-7-17(15)18-12-14/h1-7,10-12,19H,8-9H2. The normalized spacial score (nSPS) is 10.7. The monoisotopic (exact) mass is 249 g/mol. The van der Waals surface area contributed by atoms with Gasteiger partial charge in [0.2, 0.25) is 0 Å². The fourth-order valence-corrected chi connectivity index (χ4v) is 2.25. The molecule has 1 aromatic heterocycles. The summed E-state index contributed by atoms with van der Waals surface area (Å²) >= 11 is 0. The molecule has 1 heterocycles. The molecule has 2 aromatic carbocycles.